The number of hydrogen-bond acceptors (Lipinski definition) is 4. The summed E-state index contributed by atoms with van der Waals surface area (Å²) >= 11 is 0. The average molecular weight is 180 g/mol. The van der Waals surface area contributed by atoms with E-state index < -0.39 is 0 Å². The second kappa shape index (κ2) is 2.81. The first-order valence-corrected chi connectivity index (χ1v) is 3.54. The maximum absolute atomic E-state index is 11.9. The first-order valence-electron chi connectivity index (χ1n) is 3.54. The molecule has 0 saturated heterocycles. The fourth-order valence-electron chi connectivity index (χ4n) is 1.04. The normalized spacial score (nSPS) is 10.2. The van der Waals surface area contributed by atoms with Crippen molar-refractivity contribution < 1.29 is 9.33 Å². The number of anilines is 1. The smallest absolute Gasteiger partial charge is 0.318 e. The zero-order valence-electron chi connectivity index (χ0n) is 6.44. The monoisotopic (exact) mass is 180 g/mol. The van der Waals surface area contributed by atoms with E-state index in [1.165, 1.54) is 5.54 Å². The van der Waals surface area contributed by atoms with Crippen molar-refractivity contribution in [3.05, 3.63) is 29.5 Å². The number of nitrogens with one attached hydrogen (secondary N) is 1. The molecule has 0 fully saturated rings. The Labute approximate surface area is 72.3 Å². The first kappa shape index (κ1) is 7.66. The molecule has 6 heteroatoms. The molecule has 0 amide bonds. The van der Waals surface area contributed by atoms with Gasteiger partial charge in [0.15, 0.2) is 0 Å². The van der Waals surface area contributed by atoms with Crippen molar-refractivity contribution in [1.82, 2.24) is 10.1 Å². The van der Waals surface area contributed by atoms with Crippen LogP contribution in [0.15, 0.2) is 24.3 Å². The summed E-state index contributed by atoms with van der Waals surface area (Å²) < 4.78 is 11.9. The Hall–Kier alpha value is -1.98. The summed E-state index contributed by atoms with van der Waals surface area (Å²) in [6.45, 7) is 0. The van der Waals surface area contributed by atoms with Crippen LogP contribution in [0.2, 0.25) is 0 Å². The van der Waals surface area contributed by atoms with Gasteiger partial charge >= 0.3 is 5.95 Å². The Bertz CT molecular complexity index is 447. The van der Waals surface area contributed by atoms with E-state index in [4.69, 9.17) is 0 Å². The standard InChI is InChI=1S/C7H5FN4O/c8-10-7-9-5-3-1-2-4-6(5)12(13)11-7/h1-4H,(H,9,10,11). The minimum Gasteiger partial charge on any atom is -0.594 e. The number of nitrogens with zero attached hydrogens (tertiary/aromatic N) is 3. The van der Waals surface area contributed by atoms with Crippen LogP contribution in [0.1, 0.15) is 0 Å². The second-order valence-electron chi connectivity index (χ2n) is 2.39. The number of halogens is 1. The summed E-state index contributed by atoms with van der Waals surface area (Å²) in [6.07, 6.45) is 0. The van der Waals surface area contributed by atoms with E-state index in [1.54, 1.807) is 24.3 Å². The van der Waals surface area contributed by atoms with Crippen LogP contribution in [0.5, 0.6) is 0 Å². The topological polar surface area (TPSA) is 64.8 Å². The van der Waals surface area contributed by atoms with Crippen molar-refractivity contribution in [1.29, 1.82) is 0 Å². The van der Waals surface area contributed by atoms with Crippen LogP contribution < -0.4 is 10.4 Å². The maximum Gasteiger partial charge on any atom is 0.318 e. The summed E-state index contributed by atoms with van der Waals surface area (Å²) in [5, 5.41) is 14.4. The Morgan fingerprint density at radius 3 is 2.92 bits per heavy atom. The Morgan fingerprint density at radius 2 is 2.15 bits per heavy atom. The van der Waals surface area contributed by atoms with Crippen LogP contribution in [0.3, 0.4) is 0 Å². The second-order valence-corrected chi connectivity index (χ2v) is 2.39. The van der Waals surface area contributed by atoms with E-state index in [2.05, 4.69) is 10.1 Å². The highest BCUT2D eigenvalue weighted by atomic mass is 19.2. The number of fused-ring (bicyclic) bond motifs is 1. The molecule has 2 rings (SSSR count). The predicted molar refractivity (Wildman–Crippen MR) is 43.2 cm³/mol. The van der Waals surface area contributed by atoms with Crippen molar-refractivity contribution in [2.45, 2.75) is 0 Å². The van der Waals surface area contributed by atoms with Gasteiger partial charge in [-0.3, -0.25) is 0 Å². The van der Waals surface area contributed by atoms with Gasteiger partial charge in [-0.25, -0.2) is 0 Å². The van der Waals surface area contributed by atoms with Crippen LogP contribution in [-0.2, 0) is 0 Å². The Morgan fingerprint density at radius 1 is 1.38 bits per heavy atom. The molecule has 0 bridgehead atoms. The van der Waals surface area contributed by atoms with Crippen molar-refractivity contribution in [2.75, 3.05) is 5.54 Å². The minimum atomic E-state index is -0.339. The third-order valence-corrected chi connectivity index (χ3v) is 1.58. The van der Waals surface area contributed by atoms with Crippen molar-refractivity contribution in [2.24, 2.45) is 0 Å². The lowest BCUT2D eigenvalue weighted by Gasteiger charge is -1.98. The van der Waals surface area contributed by atoms with Crippen LogP contribution >= 0.6 is 0 Å². The van der Waals surface area contributed by atoms with Crippen LogP contribution in [0.4, 0.5) is 10.4 Å². The third-order valence-electron chi connectivity index (χ3n) is 1.58. The largest absolute Gasteiger partial charge is 0.594 e. The molecule has 66 valence electrons. The van der Waals surface area contributed by atoms with Gasteiger partial charge in [-0.1, -0.05) is 16.6 Å². The van der Waals surface area contributed by atoms with Gasteiger partial charge < -0.3 is 5.21 Å². The van der Waals surface area contributed by atoms with E-state index >= 15 is 0 Å². The Balaban J connectivity index is 2.77. The molecule has 0 radical (unpaired) electrons. The average Bonchev–Trinajstić information content (AvgIpc) is 2.18. The first-order chi connectivity index (χ1) is 6.31. The highest BCUT2D eigenvalue weighted by Gasteiger charge is 2.08. The quantitative estimate of drug-likeness (QED) is 0.395. The molecule has 0 aliphatic carbocycles. The van der Waals surface area contributed by atoms with Crippen LogP contribution in [0.25, 0.3) is 11.0 Å². The number of hydrogen-bond donors (Lipinski definition) is 1. The van der Waals surface area contributed by atoms with Gasteiger partial charge in [0.1, 0.15) is 5.52 Å². The summed E-state index contributed by atoms with van der Waals surface area (Å²) in [5.41, 5.74) is 1.92. The molecule has 1 heterocycles. The lowest BCUT2D eigenvalue weighted by Crippen LogP contribution is -2.33. The molecule has 1 aromatic carbocycles. The van der Waals surface area contributed by atoms with Gasteiger partial charge in [0.25, 0.3) is 5.52 Å². The molecule has 13 heavy (non-hydrogen) atoms. The van der Waals surface area contributed by atoms with E-state index in [0.29, 0.717) is 15.9 Å². The summed E-state index contributed by atoms with van der Waals surface area (Å²) in [5.74, 6) is -0.339. The predicted octanol–water partition coefficient (Wildman–Crippen LogP) is 0.560. The number of para-hydroxylation sites is 2. The van der Waals surface area contributed by atoms with Crippen molar-refractivity contribution >= 4 is 17.0 Å². The van der Waals surface area contributed by atoms with E-state index in [-0.39, 0.29) is 5.95 Å². The van der Waals surface area contributed by atoms with Crippen LogP contribution in [-0.4, -0.2) is 10.1 Å². The molecule has 0 aliphatic rings. The summed E-state index contributed by atoms with van der Waals surface area (Å²) in [7, 11) is 0. The van der Waals surface area contributed by atoms with Gasteiger partial charge in [0.2, 0.25) is 0 Å². The fourth-order valence-corrected chi connectivity index (χ4v) is 1.04. The highest BCUT2D eigenvalue weighted by molar-refractivity contribution is 5.71. The van der Waals surface area contributed by atoms with E-state index in [0.717, 1.165) is 0 Å². The number of benzene rings is 1. The SMILES string of the molecule is [O-][n+]1nc(NF)nc2ccccc21. The molecule has 0 aliphatic heterocycles. The molecule has 0 atom stereocenters. The van der Waals surface area contributed by atoms with Gasteiger partial charge in [-0.15, -0.1) is 0 Å². The minimum absolute atomic E-state index is 0.307. The maximum atomic E-state index is 11.9. The Kier molecular flexibility index (Phi) is 1.66. The zero-order valence-corrected chi connectivity index (χ0v) is 6.44. The van der Waals surface area contributed by atoms with Crippen molar-refractivity contribution in [3.63, 3.8) is 0 Å². The molecule has 5 nitrogen and oxygen atoms in total. The fraction of sp³-hybridized carbons (Fsp3) is 0. The molecule has 0 saturated carbocycles. The van der Waals surface area contributed by atoms with Gasteiger partial charge in [0.05, 0.1) is 5.10 Å². The molecule has 1 N–H and O–H groups in total. The van der Waals surface area contributed by atoms with E-state index in [9.17, 15) is 9.69 Å². The number of rotatable bonds is 1. The molecule has 0 spiro atoms. The molecule has 2 aromatic rings. The molecule has 1 aromatic heterocycles. The summed E-state index contributed by atoms with van der Waals surface area (Å²) in [4.78, 5) is 4.06. The van der Waals surface area contributed by atoms with E-state index in [1.807, 2.05) is 0 Å². The lowest BCUT2D eigenvalue weighted by atomic mass is 10.3. The summed E-state index contributed by atoms with van der Waals surface area (Å²) in [6, 6.07) is 6.55. The van der Waals surface area contributed by atoms with Gasteiger partial charge in [-0.2, -0.15) is 10.5 Å². The number of aromatic nitrogens is 3. The highest BCUT2D eigenvalue weighted by Crippen LogP contribution is 2.06. The van der Waals surface area contributed by atoms with Gasteiger partial charge in [0, 0.05) is 6.07 Å². The molecule has 0 unspecified atom stereocenters. The lowest BCUT2D eigenvalue weighted by molar-refractivity contribution is -0.641. The van der Waals surface area contributed by atoms with Crippen LogP contribution in [0, 0.1) is 5.21 Å². The molecular formula is C7H5FN4O. The van der Waals surface area contributed by atoms with Crippen molar-refractivity contribution in [3.8, 4) is 0 Å². The third kappa shape index (κ3) is 1.22. The molecular weight excluding hydrogens is 175 g/mol. The zero-order chi connectivity index (χ0) is 9.26. The van der Waals surface area contributed by atoms with Gasteiger partial charge in [-0.05, 0) is 10.9 Å².